The number of benzene rings is 1. The van der Waals surface area contributed by atoms with Crippen LogP contribution in [0.5, 0.6) is 11.5 Å². The van der Waals surface area contributed by atoms with Crippen molar-refractivity contribution in [1.29, 1.82) is 0 Å². The molecular weight excluding hydrogens is 410 g/mol. The number of hydrogen-bond donors (Lipinski definition) is 1. The molecule has 0 aliphatic heterocycles. The van der Waals surface area contributed by atoms with E-state index in [1.165, 1.54) is 16.8 Å². The Hall–Kier alpha value is -3.29. The molecule has 1 aromatic heterocycles. The summed E-state index contributed by atoms with van der Waals surface area (Å²) in [5, 5.41) is 2.65. The maximum atomic E-state index is 13.0. The number of rotatable bonds is 11. The number of hydrogen-bond acceptors (Lipinski definition) is 5. The van der Waals surface area contributed by atoms with Gasteiger partial charge in [0, 0.05) is 31.9 Å². The van der Waals surface area contributed by atoms with Crippen molar-refractivity contribution in [3.63, 3.8) is 0 Å². The number of aromatic nitrogens is 1. The maximum absolute atomic E-state index is 13.0. The first kappa shape index (κ1) is 25.0. The van der Waals surface area contributed by atoms with E-state index >= 15 is 0 Å². The summed E-state index contributed by atoms with van der Waals surface area (Å²) >= 11 is 0. The van der Waals surface area contributed by atoms with E-state index in [4.69, 9.17) is 9.47 Å². The number of aryl methyl sites for hydroxylation is 1. The molecule has 0 bridgehead atoms. The van der Waals surface area contributed by atoms with E-state index in [0.717, 1.165) is 12.8 Å². The van der Waals surface area contributed by atoms with E-state index in [9.17, 15) is 14.4 Å². The van der Waals surface area contributed by atoms with E-state index in [-0.39, 0.29) is 11.6 Å². The predicted octanol–water partition coefficient (Wildman–Crippen LogP) is 3.70. The molecule has 0 radical (unpaired) electrons. The number of pyridine rings is 1. The zero-order valence-electron chi connectivity index (χ0n) is 19.6. The molecule has 0 unspecified atom stereocenters. The van der Waals surface area contributed by atoms with Crippen molar-refractivity contribution in [2.45, 2.75) is 40.5 Å². The largest absolute Gasteiger partial charge is 0.490 e. The van der Waals surface area contributed by atoms with Crippen molar-refractivity contribution < 1.29 is 19.1 Å². The van der Waals surface area contributed by atoms with Crippen LogP contribution in [-0.4, -0.2) is 47.6 Å². The third-order valence-corrected chi connectivity index (χ3v) is 4.76. The highest BCUT2D eigenvalue weighted by Crippen LogP contribution is 2.28. The molecule has 0 atom stereocenters. The Balaban J connectivity index is 2.34. The van der Waals surface area contributed by atoms with Gasteiger partial charge in [0.1, 0.15) is 5.69 Å². The average Bonchev–Trinajstić information content (AvgIpc) is 2.77. The molecule has 0 aliphatic rings. The molecule has 0 saturated carbocycles. The fraction of sp³-hybridized carbons (Fsp3) is 0.458. The highest BCUT2D eigenvalue weighted by molar-refractivity contribution is 6.05. The van der Waals surface area contributed by atoms with Crippen LogP contribution in [-0.2, 0) is 7.05 Å². The smallest absolute Gasteiger partial charge is 0.274 e. The molecule has 2 amide bonds. The number of ether oxygens (including phenoxy) is 2. The fourth-order valence-electron chi connectivity index (χ4n) is 3.34. The van der Waals surface area contributed by atoms with Gasteiger partial charge in [0.25, 0.3) is 17.4 Å². The van der Waals surface area contributed by atoms with Gasteiger partial charge in [-0.15, -0.1) is 0 Å². The second-order valence-electron chi connectivity index (χ2n) is 7.33. The van der Waals surface area contributed by atoms with Crippen LogP contribution in [0.25, 0.3) is 0 Å². The summed E-state index contributed by atoms with van der Waals surface area (Å²) in [5.41, 5.74) is 0.312. The highest BCUT2D eigenvalue weighted by Gasteiger charge is 2.19. The average molecular weight is 444 g/mol. The molecule has 2 rings (SSSR count). The van der Waals surface area contributed by atoms with Gasteiger partial charge in [-0.05, 0) is 51.0 Å². The highest BCUT2D eigenvalue weighted by atomic mass is 16.5. The lowest BCUT2D eigenvalue weighted by Gasteiger charge is -2.22. The van der Waals surface area contributed by atoms with Crippen molar-refractivity contribution >= 4 is 17.5 Å². The third-order valence-electron chi connectivity index (χ3n) is 4.76. The Morgan fingerprint density at radius 1 is 0.938 bits per heavy atom. The van der Waals surface area contributed by atoms with Gasteiger partial charge in [-0.3, -0.25) is 14.4 Å². The van der Waals surface area contributed by atoms with Crippen molar-refractivity contribution in [3.05, 3.63) is 51.9 Å². The van der Waals surface area contributed by atoms with Crippen molar-refractivity contribution in [2.24, 2.45) is 7.05 Å². The van der Waals surface area contributed by atoms with Crippen molar-refractivity contribution in [3.8, 4) is 11.5 Å². The van der Waals surface area contributed by atoms with Gasteiger partial charge >= 0.3 is 0 Å². The monoisotopic (exact) mass is 443 g/mol. The van der Waals surface area contributed by atoms with Crippen LogP contribution >= 0.6 is 0 Å². The fourth-order valence-corrected chi connectivity index (χ4v) is 3.34. The molecule has 0 fully saturated rings. The minimum absolute atomic E-state index is 0.0446. The Morgan fingerprint density at radius 2 is 1.56 bits per heavy atom. The van der Waals surface area contributed by atoms with Crippen molar-refractivity contribution in [2.75, 3.05) is 31.6 Å². The van der Waals surface area contributed by atoms with Crippen LogP contribution in [0.3, 0.4) is 0 Å². The Morgan fingerprint density at radius 3 is 2.16 bits per heavy atom. The Kier molecular flexibility index (Phi) is 9.31. The van der Waals surface area contributed by atoms with E-state index in [2.05, 4.69) is 5.32 Å². The first-order valence-corrected chi connectivity index (χ1v) is 11.1. The second-order valence-corrected chi connectivity index (χ2v) is 7.33. The minimum Gasteiger partial charge on any atom is -0.490 e. The lowest BCUT2D eigenvalue weighted by atomic mass is 10.1. The van der Waals surface area contributed by atoms with E-state index in [0.29, 0.717) is 48.9 Å². The van der Waals surface area contributed by atoms with Gasteiger partial charge in [0.05, 0.1) is 18.8 Å². The molecule has 32 heavy (non-hydrogen) atoms. The lowest BCUT2D eigenvalue weighted by molar-refractivity contribution is 0.0754. The Bertz CT molecular complexity index is 994. The zero-order valence-corrected chi connectivity index (χ0v) is 19.6. The normalized spacial score (nSPS) is 10.5. The van der Waals surface area contributed by atoms with E-state index in [1.54, 1.807) is 30.1 Å². The van der Waals surface area contributed by atoms with Gasteiger partial charge < -0.3 is 24.3 Å². The molecular formula is C24H33N3O5. The molecule has 1 heterocycles. The maximum Gasteiger partial charge on any atom is 0.274 e. The summed E-state index contributed by atoms with van der Waals surface area (Å²) in [6, 6.07) is 6.29. The summed E-state index contributed by atoms with van der Waals surface area (Å²) in [5.74, 6) is 0.351. The molecule has 1 aromatic carbocycles. The van der Waals surface area contributed by atoms with Crippen LogP contribution in [0.2, 0.25) is 0 Å². The van der Waals surface area contributed by atoms with Crippen LogP contribution < -0.4 is 20.3 Å². The van der Waals surface area contributed by atoms with Gasteiger partial charge in [-0.25, -0.2) is 0 Å². The van der Waals surface area contributed by atoms with Crippen LogP contribution in [0.15, 0.2) is 35.3 Å². The van der Waals surface area contributed by atoms with E-state index < -0.39 is 11.5 Å². The molecule has 1 N–H and O–H groups in total. The second kappa shape index (κ2) is 11.9. The van der Waals surface area contributed by atoms with E-state index in [1.807, 2.05) is 27.7 Å². The molecule has 174 valence electrons. The first-order chi connectivity index (χ1) is 15.4. The quantitative estimate of drug-likeness (QED) is 0.572. The van der Waals surface area contributed by atoms with Gasteiger partial charge in [0.15, 0.2) is 11.5 Å². The first-order valence-electron chi connectivity index (χ1n) is 11.1. The number of anilines is 1. The molecule has 2 aromatic rings. The predicted molar refractivity (Wildman–Crippen MR) is 125 cm³/mol. The number of carbonyl (C=O) groups excluding carboxylic acids is 2. The molecule has 8 nitrogen and oxygen atoms in total. The molecule has 0 spiro atoms. The summed E-state index contributed by atoms with van der Waals surface area (Å²) in [6.45, 7) is 9.87. The molecule has 0 aliphatic carbocycles. The zero-order chi connectivity index (χ0) is 23.7. The van der Waals surface area contributed by atoms with Crippen molar-refractivity contribution in [1.82, 2.24) is 9.47 Å². The number of nitrogens with one attached hydrogen (secondary N) is 1. The lowest BCUT2D eigenvalue weighted by Crippen LogP contribution is -2.34. The van der Waals surface area contributed by atoms with Gasteiger partial charge in [-0.1, -0.05) is 13.8 Å². The summed E-state index contributed by atoms with van der Waals surface area (Å²) in [4.78, 5) is 40.2. The SMILES string of the molecule is CCCN(CCC)C(=O)c1cc(NC(=O)c2ccc(OCC)c(OCC)c2)c(=O)n(C)c1. The topological polar surface area (TPSA) is 89.9 Å². The Labute approximate surface area is 189 Å². The van der Waals surface area contributed by atoms with Crippen LogP contribution in [0.4, 0.5) is 5.69 Å². The van der Waals surface area contributed by atoms with Gasteiger partial charge in [0.2, 0.25) is 0 Å². The third kappa shape index (κ3) is 6.12. The summed E-state index contributed by atoms with van der Waals surface area (Å²) < 4.78 is 12.4. The number of nitrogens with zero attached hydrogens (tertiary/aromatic N) is 2. The molecule has 0 saturated heterocycles. The van der Waals surface area contributed by atoms with Gasteiger partial charge in [-0.2, -0.15) is 0 Å². The number of amides is 2. The standard InChI is InChI=1S/C24H33N3O5/c1-6-12-27(13-7-2)23(29)18-14-19(24(30)26(5)16-18)25-22(28)17-10-11-20(31-8-3)21(15-17)32-9-4/h10-11,14-16H,6-9,12-13H2,1-5H3,(H,25,28). The van der Waals surface area contributed by atoms with Crippen LogP contribution in [0.1, 0.15) is 61.3 Å². The molecule has 8 heteroatoms. The summed E-state index contributed by atoms with van der Waals surface area (Å²) in [7, 11) is 1.56. The van der Waals surface area contributed by atoms with Crippen LogP contribution in [0, 0.1) is 0 Å². The minimum atomic E-state index is -0.477. The number of carbonyl (C=O) groups is 2. The summed E-state index contributed by atoms with van der Waals surface area (Å²) in [6.07, 6.45) is 3.17.